The zero-order valence-corrected chi connectivity index (χ0v) is 35.1. The van der Waals surface area contributed by atoms with E-state index in [4.69, 9.17) is 0 Å². The van der Waals surface area contributed by atoms with E-state index in [0.717, 1.165) is 33.8 Å². The van der Waals surface area contributed by atoms with Crippen LogP contribution in [0.4, 0.5) is 17.1 Å². The summed E-state index contributed by atoms with van der Waals surface area (Å²) in [6.07, 6.45) is 0. The molecule has 1 heterocycles. The lowest BCUT2D eigenvalue weighted by Crippen LogP contribution is -2.11. The molecule has 12 aromatic rings. The molecule has 0 bridgehead atoms. The molecule has 0 spiro atoms. The van der Waals surface area contributed by atoms with Crippen molar-refractivity contribution < 1.29 is 0 Å². The maximum atomic E-state index is 2.42. The highest BCUT2D eigenvalue weighted by Crippen LogP contribution is 2.47. The fraction of sp³-hybridized carbons (Fsp3) is 0. The summed E-state index contributed by atoms with van der Waals surface area (Å²) in [5.41, 5.74) is 16.4. The van der Waals surface area contributed by atoms with Crippen molar-refractivity contribution in [2.45, 2.75) is 0 Å². The summed E-state index contributed by atoms with van der Waals surface area (Å²) in [5.74, 6) is 0. The molecule has 2 heteroatoms. The van der Waals surface area contributed by atoms with Gasteiger partial charge in [-0.25, -0.2) is 0 Å². The molecule has 0 aliphatic heterocycles. The number of hydrogen-bond acceptors (Lipinski definition) is 1. The van der Waals surface area contributed by atoms with Crippen molar-refractivity contribution in [2.75, 3.05) is 4.90 Å². The van der Waals surface area contributed by atoms with Gasteiger partial charge in [0, 0.05) is 33.4 Å². The van der Waals surface area contributed by atoms with Gasteiger partial charge in [0.1, 0.15) is 0 Å². The van der Waals surface area contributed by atoms with Gasteiger partial charge in [-0.1, -0.05) is 200 Å². The van der Waals surface area contributed by atoms with E-state index >= 15 is 0 Å². The molecule has 0 aliphatic carbocycles. The smallest absolute Gasteiger partial charge is 0.0561 e. The third kappa shape index (κ3) is 6.35. The van der Waals surface area contributed by atoms with Crippen molar-refractivity contribution >= 4 is 60.4 Å². The Kier molecular flexibility index (Phi) is 9.20. The zero-order valence-electron chi connectivity index (χ0n) is 35.1. The largest absolute Gasteiger partial charge is 0.310 e. The lowest BCUT2D eigenvalue weighted by molar-refractivity contribution is 1.18. The lowest BCUT2D eigenvalue weighted by atomic mass is 9.84. The van der Waals surface area contributed by atoms with Gasteiger partial charge in [-0.3, -0.25) is 0 Å². The molecule has 11 aromatic carbocycles. The average Bonchev–Trinajstić information content (AvgIpc) is 3.71. The van der Waals surface area contributed by atoms with Gasteiger partial charge in [0.15, 0.2) is 0 Å². The van der Waals surface area contributed by atoms with E-state index < -0.39 is 0 Å². The van der Waals surface area contributed by atoms with Crippen LogP contribution in [0.3, 0.4) is 0 Å². The maximum absolute atomic E-state index is 2.42. The van der Waals surface area contributed by atoms with E-state index in [1.165, 1.54) is 76.8 Å². The molecule has 0 saturated heterocycles. The lowest BCUT2D eigenvalue weighted by Gasteiger charge is -2.28. The SMILES string of the molecule is c1ccc(-c2ccccc2N(c2ccc(-c3ccc4c(c3)c(-c3ccccc3)c(-c3ccccc3)c3ccccc34)cc2)c2ccc3c4ccccc4n(-c4ccccc4)c3c2)cc1. The number of aromatic nitrogens is 1. The van der Waals surface area contributed by atoms with Crippen LogP contribution in [0.15, 0.2) is 255 Å². The van der Waals surface area contributed by atoms with Gasteiger partial charge >= 0.3 is 0 Å². The molecule has 300 valence electrons. The topological polar surface area (TPSA) is 8.17 Å². The van der Waals surface area contributed by atoms with Gasteiger partial charge < -0.3 is 9.47 Å². The third-order valence-corrected chi connectivity index (χ3v) is 12.8. The second kappa shape index (κ2) is 15.8. The number of benzene rings is 11. The average molecular weight is 815 g/mol. The van der Waals surface area contributed by atoms with Crippen LogP contribution in [-0.4, -0.2) is 4.57 Å². The fourth-order valence-electron chi connectivity index (χ4n) is 9.89. The first-order valence-electron chi connectivity index (χ1n) is 22.0. The molecule has 0 N–H and O–H groups in total. The molecule has 0 radical (unpaired) electrons. The standard InChI is InChI=1S/C62H42N2/c1-5-19-44(20-6-1)51-27-15-17-31-58(51)63(50-38-40-55-54-29-16-18-32-59(54)64(60(55)42-50)48-25-11-4-12-26-48)49-36-33-43(34-37-49)47-35-39-53-52-28-13-14-30-56(52)61(45-21-7-2-8-22-45)62(57(53)41-47)46-23-9-3-10-24-46/h1-42H. The van der Waals surface area contributed by atoms with Gasteiger partial charge in [-0.15, -0.1) is 0 Å². The summed E-state index contributed by atoms with van der Waals surface area (Å²) in [6.45, 7) is 0. The Morgan fingerprint density at radius 3 is 1.45 bits per heavy atom. The van der Waals surface area contributed by atoms with Gasteiger partial charge in [0.2, 0.25) is 0 Å². The first-order chi connectivity index (χ1) is 31.8. The highest BCUT2D eigenvalue weighted by atomic mass is 15.1. The van der Waals surface area contributed by atoms with Crippen LogP contribution in [0.1, 0.15) is 0 Å². The van der Waals surface area contributed by atoms with E-state index in [9.17, 15) is 0 Å². The Morgan fingerprint density at radius 1 is 0.266 bits per heavy atom. The molecule has 0 unspecified atom stereocenters. The number of anilines is 3. The summed E-state index contributed by atoms with van der Waals surface area (Å²) < 4.78 is 2.40. The van der Waals surface area contributed by atoms with Gasteiger partial charge in [-0.2, -0.15) is 0 Å². The van der Waals surface area contributed by atoms with Crippen LogP contribution in [0.5, 0.6) is 0 Å². The van der Waals surface area contributed by atoms with Crippen LogP contribution >= 0.6 is 0 Å². The molecule has 1 aromatic heterocycles. The first kappa shape index (κ1) is 37.3. The minimum Gasteiger partial charge on any atom is -0.310 e. The van der Waals surface area contributed by atoms with Crippen LogP contribution in [0, 0.1) is 0 Å². The number of rotatable bonds is 8. The summed E-state index contributed by atoms with van der Waals surface area (Å²) in [6, 6.07) is 92.6. The van der Waals surface area contributed by atoms with E-state index in [-0.39, 0.29) is 0 Å². The Hall–Kier alpha value is -8.46. The Morgan fingerprint density at radius 2 is 0.750 bits per heavy atom. The van der Waals surface area contributed by atoms with Crippen molar-refractivity contribution in [1.82, 2.24) is 4.57 Å². The Bertz CT molecular complexity index is 3630. The van der Waals surface area contributed by atoms with Crippen molar-refractivity contribution in [2.24, 2.45) is 0 Å². The fourth-order valence-corrected chi connectivity index (χ4v) is 9.89. The number of fused-ring (bicyclic) bond motifs is 6. The second-order valence-electron chi connectivity index (χ2n) is 16.4. The molecule has 0 atom stereocenters. The summed E-state index contributed by atoms with van der Waals surface area (Å²) in [5, 5.41) is 7.48. The quantitative estimate of drug-likeness (QED) is 0.139. The highest BCUT2D eigenvalue weighted by molar-refractivity contribution is 6.22. The van der Waals surface area contributed by atoms with Crippen LogP contribution < -0.4 is 4.90 Å². The number of nitrogens with zero attached hydrogens (tertiary/aromatic N) is 2. The summed E-state index contributed by atoms with van der Waals surface area (Å²) >= 11 is 0. The predicted octanol–water partition coefficient (Wildman–Crippen LogP) is 17.2. The van der Waals surface area contributed by atoms with Crippen molar-refractivity contribution in [3.8, 4) is 50.2 Å². The van der Waals surface area contributed by atoms with E-state index in [1.54, 1.807) is 0 Å². The van der Waals surface area contributed by atoms with Crippen LogP contribution in [0.25, 0.3) is 93.5 Å². The zero-order chi connectivity index (χ0) is 42.4. The predicted molar refractivity (Wildman–Crippen MR) is 272 cm³/mol. The number of para-hydroxylation sites is 3. The van der Waals surface area contributed by atoms with Crippen molar-refractivity contribution in [1.29, 1.82) is 0 Å². The molecule has 0 fully saturated rings. The Labute approximate surface area is 373 Å². The normalized spacial score (nSPS) is 11.4. The van der Waals surface area contributed by atoms with Gasteiger partial charge in [0.25, 0.3) is 0 Å². The minimum absolute atomic E-state index is 1.08. The molecule has 12 rings (SSSR count). The molecule has 64 heavy (non-hydrogen) atoms. The first-order valence-corrected chi connectivity index (χ1v) is 22.0. The van der Waals surface area contributed by atoms with Crippen molar-refractivity contribution in [3.63, 3.8) is 0 Å². The van der Waals surface area contributed by atoms with Crippen LogP contribution in [0.2, 0.25) is 0 Å². The molecular weight excluding hydrogens is 773 g/mol. The molecular formula is C62H42N2. The van der Waals surface area contributed by atoms with Gasteiger partial charge in [0.05, 0.1) is 16.7 Å². The van der Waals surface area contributed by atoms with Crippen LogP contribution in [-0.2, 0) is 0 Å². The molecule has 0 saturated carbocycles. The van der Waals surface area contributed by atoms with Gasteiger partial charge in [-0.05, 0) is 115 Å². The maximum Gasteiger partial charge on any atom is 0.0561 e. The summed E-state index contributed by atoms with van der Waals surface area (Å²) in [7, 11) is 0. The Balaban J connectivity index is 1.05. The number of hydrogen-bond donors (Lipinski definition) is 0. The monoisotopic (exact) mass is 814 g/mol. The third-order valence-electron chi connectivity index (χ3n) is 12.8. The van der Waals surface area contributed by atoms with Crippen molar-refractivity contribution in [3.05, 3.63) is 255 Å². The highest BCUT2D eigenvalue weighted by Gasteiger charge is 2.21. The van der Waals surface area contributed by atoms with E-state index in [0.29, 0.717) is 0 Å². The minimum atomic E-state index is 1.08. The molecule has 0 aliphatic rings. The molecule has 0 amide bonds. The summed E-state index contributed by atoms with van der Waals surface area (Å²) in [4.78, 5) is 2.42. The second-order valence-corrected chi connectivity index (χ2v) is 16.4. The van der Waals surface area contributed by atoms with E-state index in [1.807, 2.05) is 0 Å². The van der Waals surface area contributed by atoms with E-state index in [2.05, 4.69) is 264 Å². The molecule has 2 nitrogen and oxygen atoms in total.